The minimum Gasteiger partial charge on any atom is -0.320 e. The summed E-state index contributed by atoms with van der Waals surface area (Å²) in [5, 5.41) is 1.60. The van der Waals surface area contributed by atoms with Crippen LogP contribution in [-0.2, 0) is 6.54 Å². The second kappa shape index (κ2) is 20.9. The van der Waals surface area contributed by atoms with Gasteiger partial charge in [-0.3, -0.25) is 0 Å². The fourth-order valence-electron chi connectivity index (χ4n) is 5.27. The van der Waals surface area contributed by atoms with Crippen LogP contribution in [0.2, 0.25) is 10.0 Å². The molecule has 0 aliphatic heterocycles. The highest BCUT2D eigenvalue weighted by Gasteiger charge is 2.27. The van der Waals surface area contributed by atoms with E-state index in [1.54, 1.807) is 0 Å². The van der Waals surface area contributed by atoms with Crippen molar-refractivity contribution < 1.29 is 4.48 Å². The molecule has 3 heteroatoms. The highest BCUT2D eigenvalue weighted by atomic mass is 35.5. The van der Waals surface area contributed by atoms with Crippen molar-refractivity contribution in [1.29, 1.82) is 0 Å². The van der Waals surface area contributed by atoms with Gasteiger partial charge in [0, 0.05) is 10.6 Å². The van der Waals surface area contributed by atoms with Gasteiger partial charge in [0.2, 0.25) is 0 Å². The predicted octanol–water partition coefficient (Wildman–Crippen LogP) is 11.4. The van der Waals surface area contributed by atoms with Crippen LogP contribution in [0.4, 0.5) is 0 Å². The molecule has 0 unspecified atom stereocenters. The van der Waals surface area contributed by atoms with Crippen molar-refractivity contribution in [2.24, 2.45) is 0 Å². The molecule has 34 heavy (non-hydrogen) atoms. The van der Waals surface area contributed by atoms with E-state index in [0.29, 0.717) is 0 Å². The minimum absolute atomic E-state index is 0.745. The van der Waals surface area contributed by atoms with E-state index in [9.17, 15) is 0 Å². The van der Waals surface area contributed by atoms with Crippen molar-refractivity contribution >= 4 is 23.2 Å². The Bertz CT molecular complexity index is 560. The van der Waals surface area contributed by atoms with Crippen molar-refractivity contribution in [2.75, 3.05) is 19.6 Å². The lowest BCUT2D eigenvalue weighted by molar-refractivity contribution is -0.941. The lowest BCUT2D eigenvalue weighted by Crippen LogP contribution is -2.49. The molecule has 1 aromatic carbocycles. The van der Waals surface area contributed by atoms with Gasteiger partial charge in [0.1, 0.15) is 6.54 Å². The second-order valence-electron chi connectivity index (χ2n) is 10.7. The Morgan fingerprint density at radius 3 is 1.29 bits per heavy atom. The second-order valence-corrected chi connectivity index (χ2v) is 11.6. The summed E-state index contributed by atoms with van der Waals surface area (Å²) in [4.78, 5) is 0. The van der Waals surface area contributed by atoms with Crippen LogP contribution in [0.25, 0.3) is 0 Å². The fraction of sp³-hybridized carbons (Fsp3) is 0.806. The zero-order valence-corrected chi connectivity index (χ0v) is 24.5. The summed E-state index contributed by atoms with van der Waals surface area (Å²) in [5.74, 6) is 0. The van der Waals surface area contributed by atoms with Crippen LogP contribution in [0.5, 0.6) is 0 Å². The van der Waals surface area contributed by atoms with Crippen molar-refractivity contribution in [3.63, 3.8) is 0 Å². The molecule has 0 saturated heterocycles. The number of halogens is 2. The van der Waals surface area contributed by atoms with Crippen molar-refractivity contribution in [3.8, 4) is 0 Å². The molecule has 0 heterocycles. The van der Waals surface area contributed by atoms with E-state index >= 15 is 0 Å². The first kappa shape index (κ1) is 31.8. The van der Waals surface area contributed by atoms with E-state index < -0.39 is 0 Å². The van der Waals surface area contributed by atoms with Crippen LogP contribution in [0, 0.1) is 0 Å². The third-order valence-electron chi connectivity index (χ3n) is 7.48. The molecule has 0 saturated carbocycles. The largest absolute Gasteiger partial charge is 0.320 e. The summed E-state index contributed by atoms with van der Waals surface area (Å²) >= 11 is 12.9. The molecule has 0 bridgehead atoms. The number of rotatable bonds is 23. The molecule has 0 N–H and O–H groups in total. The molecular formula is C31H56Cl2N+. The zero-order chi connectivity index (χ0) is 24.9. The molecule has 0 aliphatic rings. The maximum Gasteiger partial charge on any atom is 0.106 e. The standard InChI is InChI=1S/C31H56Cl2N/c1-4-7-10-13-16-19-24-34(25-20-17-14-11-8-5-2,26-21-18-15-12-9-6-3)28-29-22-23-30(32)27-31(29)33/h22-23,27H,4-21,24-26,28H2,1-3H3/q+1. The lowest BCUT2D eigenvalue weighted by Gasteiger charge is -2.40. The van der Waals surface area contributed by atoms with Gasteiger partial charge in [-0.25, -0.2) is 0 Å². The number of nitrogens with zero attached hydrogens (tertiary/aromatic N) is 1. The smallest absolute Gasteiger partial charge is 0.106 e. The number of benzene rings is 1. The maximum atomic E-state index is 6.70. The molecule has 198 valence electrons. The lowest BCUT2D eigenvalue weighted by atomic mass is 10.0. The monoisotopic (exact) mass is 512 g/mol. The van der Waals surface area contributed by atoms with Gasteiger partial charge in [-0.05, 0) is 50.7 Å². The molecule has 0 spiro atoms. The molecule has 0 aromatic heterocycles. The van der Waals surface area contributed by atoms with Gasteiger partial charge < -0.3 is 4.48 Å². The number of hydrogen-bond donors (Lipinski definition) is 0. The highest BCUT2D eigenvalue weighted by molar-refractivity contribution is 6.35. The molecular weight excluding hydrogens is 457 g/mol. The predicted molar refractivity (Wildman–Crippen MR) is 155 cm³/mol. The normalized spacial score (nSPS) is 11.9. The Morgan fingerprint density at radius 1 is 0.529 bits per heavy atom. The summed E-state index contributed by atoms with van der Waals surface area (Å²) in [6.45, 7) is 11.9. The summed E-state index contributed by atoms with van der Waals surface area (Å²) in [6.07, 6.45) is 24.7. The van der Waals surface area contributed by atoms with E-state index in [-0.39, 0.29) is 0 Å². The third-order valence-corrected chi connectivity index (χ3v) is 8.07. The van der Waals surface area contributed by atoms with Crippen LogP contribution in [-0.4, -0.2) is 24.1 Å². The van der Waals surface area contributed by atoms with Crippen molar-refractivity contribution in [2.45, 2.75) is 143 Å². The molecule has 0 radical (unpaired) electrons. The third kappa shape index (κ3) is 15.0. The summed E-state index contributed by atoms with van der Waals surface area (Å²) < 4.78 is 1.22. The number of quaternary nitrogens is 1. The topological polar surface area (TPSA) is 0 Å². The number of hydrogen-bond acceptors (Lipinski definition) is 0. The Kier molecular flexibility index (Phi) is 19.5. The van der Waals surface area contributed by atoms with Gasteiger partial charge in [0.15, 0.2) is 0 Å². The Labute approximate surface area is 223 Å². The zero-order valence-electron chi connectivity index (χ0n) is 23.0. The first-order valence-electron chi connectivity index (χ1n) is 14.9. The first-order chi connectivity index (χ1) is 16.6. The summed E-state index contributed by atoms with van der Waals surface area (Å²) in [6, 6.07) is 6.15. The Hall–Kier alpha value is -0.240. The minimum atomic E-state index is 0.745. The summed E-state index contributed by atoms with van der Waals surface area (Å²) in [5.41, 5.74) is 1.29. The van der Waals surface area contributed by atoms with Gasteiger partial charge >= 0.3 is 0 Å². The van der Waals surface area contributed by atoms with Crippen molar-refractivity contribution in [3.05, 3.63) is 33.8 Å². The van der Waals surface area contributed by atoms with Gasteiger partial charge in [-0.1, -0.05) is 127 Å². The van der Waals surface area contributed by atoms with Gasteiger partial charge in [0.25, 0.3) is 0 Å². The van der Waals surface area contributed by atoms with Gasteiger partial charge in [0.05, 0.1) is 24.7 Å². The molecule has 1 nitrogen and oxygen atoms in total. The van der Waals surface area contributed by atoms with Crippen LogP contribution < -0.4 is 0 Å². The quantitative estimate of drug-likeness (QED) is 0.101. The highest BCUT2D eigenvalue weighted by Crippen LogP contribution is 2.28. The van der Waals surface area contributed by atoms with Crippen LogP contribution in [0.15, 0.2) is 18.2 Å². The molecule has 1 rings (SSSR count). The Balaban J connectivity index is 2.85. The Morgan fingerprint density at radius 2 is 0.912 bits per heavy atom. The van der Waals surface area contributed by atoms with Crippen LogP contribution in [0.1, 0.15) is 142 Å². The average molecular weight is 514 g/mol. The van der Waals surface area contributed by atoms with E-state index in [1.807, 2.05) is 12.1 Å². The molecule has 0 fully saturated rings. The molecule has 0 atom stereocenters. The van der Waals surface area contributed by atoms with Crippen LogP contribution in [0.3, 0.4) is 0 Å². The SMILES string of the molecule is CCCCCCCC[N+](CCCCCCCC)(CCCCCCCC)Cc1ccc(Cl)cc1Cl. The van der Waals surface area contributed by atoms with Crippen molar-refractivity contribution in [1.82, 2.24) is 0 Å². The summed E-state index contributed by atoms with van der Waals surface area (Å²) in [7, 11) is 0. The molecule has 1 aromatic rings. The average Bonchev–Trinajstić information content (AvgIpc) is 2.82. The fourth-order valence-corrected chi connectivity index (χ4v) is 5.73. The van der Waals surface area contributed by atoms with E-state index in [1.165, 1.54) is 145 Å². The van der Waals surface area contributed by atoms with Gasteiger partial charge in [-0.2, -0.15) is 0 Å². The molecule has 0 aliphatic carbocycles. The maximum absolute atomic E-state index is 6.70. The van der Waals surface area contributed by atoms with E-state index in [0.717, 1.165) is 16.6 Å². The van der Waals surface area contributed by atoms with E-state index in [2.05, 4.69) is 26.8 Å². The van der Waals surface area contributed by atoms with Gasteiger partial charge in [-0.15, -0.1) is 0 Å². The first-order valence-corrected chi connectivity index (χ1v) is 15.6. The molecule has 0 amide bonds. The van der Waals surface area contributed by atoms with E-state index in [4.69, 9.17) is 23.2 Å². The number of unbranched alkanes of at least 4 members (excludes halogenated alkanes) is 15. The van der Waals surface area contributed by atoms with Crippen LogP contribution >= 0.6 is 23.2 Å².